The highest BCUT2D eigenvalue weighted by Crippen LogP contribution is 2.47. The molecule has 0 N–H and O–H groups in total. The highest BCUT2D eigenvalue weighted by atomic mass is 35.5. The van der Waals surface area contributed by atoms with Crippen LogP contribution in [-0.4, -0.2) is 90.7 Å². The van der Waals surface area contributed by atoms with Crippen LogP contribution in [0.1, 0.15) is 36.9 Å². The van der Waals surface area contributed by atoms with Crippen molar-refractivity contribution in [3.05, 3.63) is 76.8 Å². The van der Waals surface area contributed by atoms with Gasteiger partial charge in [-0.15, -0.1) is 0 Å². The fourth-order valence-corrected chi connectivity index (χ4v) is 7.61. The van der Waals surface area contributed by atoms with Gasteiger partial charge >= 0.3 is 6.01 Å². The smallest absolute Gasteiger partial charge is 0.318 e. The van der Waals surface area contributed by atoms with Crippen LogP contribution in [0.3, 0.4) is 0 Å². The first-order valence-electron chi connectivity index (χ1n) is 16.2. The fourth-order valence-electron chi connectivity index (χ4n) is 7.33. The summed E-state index contributed by atoms with van der Waals surface area (Å²) in [6, 6.07) is 12.5. The SMILES string of the molecule is [C-]#[N+]CC1CN(c2nc(OCC3(CN4CCCC4)CC3)nc3c2CCN(c2cccc4cccc(Cl)c24)C3)CCN1C(=O)C=C. The number of piperazine rings is 1. The lowest BCUT2D eigenvalue weighted by Gasteiger charge is -2.41. The van der Waals surface area contributed by atoms with Crippen molar-refractivity contribution in [1.82, 2.24) is 19.8 Å². The molecule has 2 saturated heterocycles. The summed E-state index contributed by atoms with van der Waals surface area (Å²) in [6.45, 7) is 18.6. The van der Waals surface area contributed by atoms with Crippen LogP contribution in [-0.2, 0) is 17.8 Å². The molecule has 3 aromatic rings. The van der Waals surface area contributed by atoms with Gasteiger partial charge in [0.15, 0.2) is 0 Å². The molecule has 234 valence electrons. The van der Waals surface area contributed by atoms with E-state index in [4.69, 9.17) is 32.9 Å². The number of carbonyl (C=O) groups excluding carboxylic acids is 1. The van der Waals surface area contributed by atoms with Gasteiger partial charge in [0.05, 0.1) is 23.9 Å². The van der Waals surface area contributed by atoms with Crippen LogP contribution in [0.5, 0.6) is 6.01 Å². The molecule has 0 radical (unpaired) electrons. The lowest BCUT2D eigenvalue weighted by atomic mass is 10.0. The largest absolute Gasteiger partial charge is 0.463 e. The van der Waals surface area contributed by atoms with Gasteiger partial charge in [-0.1, -0.05) is 42.4 Å². The number of aromatic nitrogens is 2. The molecule has 4 heterocycles. The number of rotatable bonds is 9. The van der Waals surface area contributed by atoms with Gasteiger partial charge in [0.25, 0.3) is 0 Å². The third kappa shape index (κ3) is 6.06. The molecule has 1 unspecified atom stereocenters. The normalized spacial score (nSPS) is 21.0. The first-order chi connectivity index (χ1) is 22.0. The van der Waals surface area contributed by atoms with Gasteiger partial charge in [-0.2, -0.15) is 9.97 Å². The van der Waals surface area contributed by atoms with E-state index in [0.717, 1.165) is 58.1 Å². The maximum Gasteiger partial charge on any atom is 0.318 e. The van der Waals surface area contributed by atoms with E-state index in [-0.39, 0.29) is 23.9 Å². The Morgan fingerprint density at radius 1 is 1.09 bits per heavy atom. The summed E-state index contributed by atoms with van der Waals surface area (Å²) < 4.78 is 6.48. The second-order valence-corrected chi connectivity index (χ2v) is 13.4. The summed E-state index contributed by atoms with van der Waals surface area (Å²) >= 11 is 6.73. The number of anilines is 2. The quantitative estimate of drug-likeness (QED) is 0.238. The molecule has 4 aliphatic rings. The molecule has 1 atom stereocenters. The van der Waals surface area contributed by atoms with Gasteiger partial charge in [-0.25, -0.2) is 6.57 Å². The number of fused-ring (bicyclic) bond motifs is 2. The van der Waals surface area contributed by atoms with Crippen molar-refractivity contribution in [2.24, 2.45) is 5.41 Å². The number of hydrogen-bond acceptors (Lipinski definition) is 7. The van der Waals surface area contributed by atoms with E-state index in [1.165, 1.54) is 44.8 Å². The summed E-state index contributed by atoms with van der Waals surface area (Å²) in [5.74, 6) is 0.741. The zero-order valence-electron chi connectivity index (χ0n) is 25.8. The van der Waals surface area contributed by atoms with Crippen molar-refractivity contribution in [2.45, 2.75) is 44.7 Å². The lowest BCUT2D eigenvalue weighted by Crippen LogP contribution is -2.56. The molecule has 1 saturated carbocycles. The van der Waals surface area contributed by atoms with Crippen LogP contribution in [0.15, 0.2) is 49.1 Å². The van der Waals surface area contributed by atoms with Crippen LogP contribution in [0.25, 0.3) is 15.6 Å². The molecule has 0 spiro atoms. The Hall–Kier alpha value is -3.87. The highest BCUT2D eigenvalue weighted by Gasteiger charge is 2.45. The van der Waals surface area contributed by atoms with Crippen molar-refractivity contribution < 1.29 is 9.53 Å². The molecule has 2 aromatic carbocycles. The van der Waals surface area contributed by atoms with Gasteiger partial charge in [0.2, 0.25) is 12.5 Å². The van der Waals surface area contributed by atoms with Crippen molar-refractivity contribution in [2.75, 3.05) is 68.8 Å². The second kappa shape index (κ2) is 12.5. The number of likely N-dealkylation sites (tertiary alicyclic amines) is 1. The van der Waals surface area contributed by atoms with Gasteiger partial charge in [0, 0.05) is 54.8 Å². The average Bonchev–Trinajstić information content (AvgIpc) is 3.64. The van der Waals surface area contributed by atoms with Gasteiger partial charge in [-0.3, -0.25) is 4.79 Å². The monoisotopic (exact) mass is 625 g/mol. The zero-order chi connectivity index (χ0) is 31.0. The summed E-state index contributed by atoms with van der Waals surface area (Å²) in [4.78, 5) is 35.3. The first-order valence-corrected chi connectivity index (χ1v) is 16.5. The van der Waals surface area contributed by atoms with Gasteiger partial charge in [-0.05, 0) is 68.8 Å². The number of carbonyl (C=O) groups is 1. The van der Waals surface area contributed by atoms with E-state index in [2.05, 4.69) is 50.4 Å². The number of ether oxygens (including phenoxy) is 1. The molecular weight excluding hydrogens is 586 g/mol. The second-order valence-electron chi connectivity index (χ2n) is 13.0. The maximum atomic E-state index is 12.6. The van der Waals surface area contributed by atoms with Crippen molar-refractivity contribution in [1.29, 1.82) is 0 Å². The molecule has 10 heteroatoms. The molecule has 0 bridgehead atoms. The minimum Gasteiger partial charge on any atom is -0.463 e. The Bertz CT molecular complexity index is 1640. The third-order valence-corrected chi connectivity index (χ3v) is 10.3. The Morgan fingerprint density at radius 2 is 1.89 bits per heavy atom. The average molecular weight is 626 g/mol. The summed E-state index contributed by atoms with van der Waals surface area (Å²) in [6.07, 6.45) is 7.03. The van der Waals surface area contributed by atoms with E-state index in [1.54, 1.807) is 4.90 Å². The van der Waals surface area contributed by atoms with Crippen molar-refractivity contribution in [3.8, 4) is 6.01 Å². The molecular formula is C35H40ClN7O2. The number of nitrogens with zero attached hydrogens (tertiary/aromatic N) is 7. The van der Waals surface area contributed by atoms with Crippen LogP contribution in [0, 0.1) is 12.0 Å². The van der Waals surface area contributed by atoms with E-state index in [0.29, 0.717) is 38.8 Å². The Morgan fingerprint density at radius 3 is 2.64 bits per heavy atom. The standard InChI is InChI=1S/C35H40ClN7O2/c1-3-31(44)43-19-18-42(21-26(43)20-37-2)33-27-12-17-41(30-11-7-9-25-8-6-10-28(36)32(25)30)22-29(27)38-34(39-33)45-24-35(13-14-35)23-40-15-4-5-16-40/h3,6-11,26H,1,4-5,12-24H2. The molecule has 9 nitrogen and oxygen atoms in total. The summed E-state index contributed by atoms with van der Waals surface area (Å²) in [7, 11) is 0. The number of benzene rings is 2. The zero-order valence-corrected chi connectivity index (χ0v) is 26.5. The molecule has 1 aliphatic carbocycles. The van der Waals surface area contributed by atoms with Crippen LogP contribution >= 0.6 is 11.6 Å². The summed E-state index contributed by atoms with van der Waals surface area (Å²) in [5.41, 5.74) is 3.37. The summed E-state index contributed by atoms with van der Waals surface area (Å²) in [5, 5.41) is 2.91. The molecule has 3 aliphatic heterocycles. The van der Waals surface area contributed by atoms with E-state index in [1.807, 2.05) is 12.1 Å². The van der Waals surface area contributed by atoms with Crippen molar-refractivity contribution in [3.63, 3.8) is 0 Å². The Kier molecular flexibility index (Phi) is 8.28. The van der Waals surface area contributed by atoms with Gasteiger partial charge in [0.1, 0.15) is 11.9 Å². The molecule has 45 heavy (non-hydrogen) atoms. The first kappa shape index (κ1) is 29.8. The number of halogens is 1. The number of hydrogen-bond donors (Lipinski definition) is 0. The number of amides is 1. The van der Waals surface area contributed by atoms with Crippen LogP contribution < -0.4 is 14.5 Å². The topological polar surface area (TPSA) is 69.4 Å². The van der Waals surface area contributed by atoms with E-state index >= 15 is 0 Å². The molecule has 3 fully saturated rings. The Balaban J connectivity index is 1.20. The minimum absolute atomic E-state index is 0.130. The maximum absolute atomic E-state index is 12.6. The van der Waals surface area contributed by atoms with Crippen LogP contribution in [0.2, 0.25) is 5.02 Å². The third-order valence-electron chi connectivity index (χ3n) is 9.96. The predicted molar refractivity (Wildman–Crippen MR) is 178 cm³/mol. The highest BCUT2D eigenvalue weighted by molar-refractivity contribution is 6.36. The molecule has 1 amide bonds. The fraction of sp³-hybridized carbons (Fsp3) is 0.486. The van der Waals surface area contributed by atoms with Gasteiger partial charge < -0.3 is 29.2 Å². The van der Waals surface area contributed by atoms with Crippen molar-refractivity contribution >= 4 is 39.8 Å². The van der Waals surface area contributed by atoms with Crippen LogP contribution in [0.4, 0.5) is 11.5 Å². The molecule has 1 aromatic heterocycles. The minimum atomic E-state index is -0.232. The predicted octanol–water partition coefficient (Wildman–Crippen LogP) is 5.22. The Labute approximate surface area is 270 Å². The lowest BCUT2D eigenvalue weighted by molar-refractivity contribution is -0.128. The van der Waals surface area contributed by atoms with E-state index in [9.17, 15) is 4.79 Å². The van der Waals surface area contributed by atoms with E-state index < -0.39 is 0 Å². The molecule has 7 rings (SSSR count).